The van der Waals surface area contributed by atoms with Crippen LogP contribution in [0.1, 0.15) is 76.7 Å². The van der Waals surface area contributed by atoms with Gasteiger partial charge in [-0.15, -0.1) is 22.7 Å². The van der Waals surface area contributed by atoms with Crippen molar-refractivity contribution in [3.63, 3.8) is 0 Å². The van der Waals surface area contributed by atoms with E-state index in [1.165, 1.54) is 22.7 Å². The molecule has 0 bridgehead atoms. The highest BCUT2D eigenvalue weighted by Gasteiger charge is 2.61. The lowest BCUT2D eigenvalue weighted by Gasteiger charge is -2.30. The Labute approximate surface area is 308 Å². The topological polar surface area (TPSA) is 171 Å². The highest BCUT2D eigenvalue weighted by molar-refractivity contribution is 7.13. The molecule has 2 saturated carbocycles. The van der Waals surface area contributed by atoms with Gasteiger partial charge in [-0.25, -0.2) is 24.5 Å². The van der Waals surface area contributed by atoms with Crippen molar-refractivity contribution < 1.29 is 24.3 Å². The Morgan fingerprint density at radius 1 is 0.942 bits per heavy atom. The number of hydrogen-bond donors (Lipinski definition) is 4. The normalized spacial score (nSPS) is 27.7. The maximum absolute atomic E-state index is 14.6. The summed E-state index contributed by atoms with van der Waals surface area (Å²) in [5, 5.41) is 24.7. The number of benzene rings is 1. The largest absolute Gasteiger partial charge is 0.479 e. The summed E-state index contributed by atoms with van der Waals surface area (Å²) in [6.45, 7) is 0.183. The molecule has 0 unspecified atom stereocenters. The third kappa shape index (κ3) is 6.71. The second-order valence-corrected chi connectivity index (χ2v) is 16.2. The summed E-state index contributed by atoms with van der Waals surface area (Å²) in [5.74, 6) is -2.25. The van der Waals surface area contributed by atoms with Crippen LogP contribution in [0.3, 0.4) is 0 Å². The van der Waals surface area contributed by atoms with Crippen LogP contribution in [-0.4, -0.2) is 83.5 Å². The fraction of sp³-hybridized carbons (Fsp3) is 0.486. The Bertz CT molecular complexity index is 1990. The zero-order chi connectivity index (χ0) is 35.8. The zero-order valence-corrected chi connectivity index (χ0v) is 30.3. The number of allylic oxidation sites excluding steroid dienone is 1. The van der Waals surface area contributed by atoms with Crippen LogP contribution in [0.15, 0.2) is 53.8 Å². The molecule has 1 aromatic carbocycles. The van der Waals surface area contributed by atoms with Gasteiger partial charge in [0.1, 0.15) is 27.6 Å². The zero-order valence-electron chi connectivity index (χ0n) is 28.7. The van der Waals surface area contributed by atoms with Crippen LogP contribution in [0.4, 0.5) is 4.79 Å². The van der Waals surface area contributed by atoms with Gasteiger partial charge in [0.05, 0.1) is 23.4 Å². The molecule has 5 heterocycles. The lowest BCUT2D eigenvalue weighted by Crippen LogP contribution is -2.57. The summed E-state index contributed by atoms with van der Waals surface area (Å²) in [7, 11) is 0. The lowest BCUT2D eigenvalue weighted by molar-refractivity contribution is -0.145. The van der Waals surface area contributed by atoms with E-state index in [1.54, 1.807) is 23.6 Å². The van der Waals surface area contributed by atoms with E-state index in [0.717, 1.165) is 83.5 Å². The Balaban J connectivity index is 1.15. The number of rotatable bonds is 6. The van der Waals surface area contributed by atoms with Gasteiger partial charge in [-0.1, -0.05) is 37.8 Å². The minimum Gasteiger partial charge on any atom is -0.479 e. The number of carbonyl (C=O) groups is 4. The molecule has 52 heavy (non-hydrogen) atoms. The quantitative estimate of drug-likeness (QED) is 0.187. The van der Waals surface area contributed by atoms with Crippen molar-refractivity contribution in [2.45, 2.75) is 100 Å². The molecular formula is C37H42N8O5S2. The van der Waals surface area contributed by atoms with Gasteiger partial charge >= 0.3 is 12.0 Å². The van der Waals surface area contributed by atoms with E-state index >= 15 is 0 Å². The van der Waals surface area contributed by atoms with Crippen LogP contribution in [-0.2, 0) is 14.4 Å². The predicted octanol–water partition coefficient (Wildman–Crippen LogP) is 5.52. The van der Waals surface area contributed by atoms with Crippen molar-refractivity contribution in [3.8, 4) is 21.1 Å². The summed E-state index contributed by atoms with van der Waals surface area (Å²) in [5.41, 5.74) is 1.93. The number of hydrogen-bond acceptors (Lipinski definition) is 9. The molecule has 4 aromatic rings. The molecular weight excluding hydrogens is 701 g/mol. The fourth-order valence-corrected chi connectivity index (χ4v) is 9.45. The molecule has 13 nitrogen and oxygen atoms in total. The van der Waals surface area contributed by atoms with E-state index in [0.29, 0.717) is 12.8 Å². The standard InChI is InChI=1S/C37H42N8O5S2/c46-31-29-18-25(45-21-40-30-26(33-39-13-15-52-33)16-22(17-28(30)45)32-38-12-14-51-32)20-44(29)34(47)27(42-36(50)41-24-9-6-7-10-24)11-5-3-1-2-4-8-23-19-37(23,43-31)35(48)49/h4,8,12-17,21,23-25,27,29H,1-3,5-7,9-11,18-20H2,(H,43,46)(H,48,49)(H2,41,42,50)/b8-4-/t23-,25-,27+,29+,37-/m1/s1. The third-order valence-electron chi connectivity index (χ3n) is 11.0. The molecule has 272 valence electrons. The number of aromatic nitrogens is 4. The predicted molar refractivity (Wildman–Crippen MR) is 198 cm³/mol. The number of urea groups is 1. The summed E-state index contributed by atoms with van der Waals surface area (Å²) in [4.78, 5) is 70.2. The number of carboxylic acid groups (broad SMARTS) is 1. The first kappa shape index (κ1) is 34.5. The third-order valence-corrected chi connectivity index (χ3v) is 12.7. The van der Waals surface area contributed by atoms with Gasteiger partial charge in [0.2, 0.25) is 11.8 Å². The molecule has 8 rings (SSSR count). The van der Waals surface area contributed by atoms with Crippen molar-refractivity contribution in [2.75, 3.05) is 6.54 Å². The number of nitrogens with one attached hydrogen (secondary N) is 3. The van der Waals surface area contributed by atoms with Crippen LogP contribution in [0, 0.1) is 5.92 Å². The first-order chi connectivity index (χ1) is 25.3. The number of carbonyl (C=O) groups excluding carboxylic acids is 3. The number of nitrogens with zero attached hydrogens (tertiary/aromatic N) is 5. The molecule has 15 heteroatoms. The number of aliphatic carboxylic acids is 1. The summed E-state index contributed by atoms with van der Waals surface area (Å²) >= 11 is 3.05. The first-order valence-corrected chi connectivity index (χ1v) is 20.0. The van der Waals surface area contributed by atoms with Crippen LogP contribution in [0.2, 0.25) is 0 Å². The molecule has 3 aromatic heterocycles. The van der Waals surface area contributed by atoms with E-state index in [4.69, 9.17) is 4.98 Å². The second-order valence-electron chi connectivity index (χ2n) is 14.4. The van der Waals surface area contributed by atoms with Gasteiger partial charge in [-0.3, -0.25) is 9.59 Å². The van der Waals surface area contributed by atoms with Crippen molar-refractivity contribution in [1.29, 1.82) is 0 Å². The maximum atomic E-state index is 14.6. The number of imidazole rings is 1. The monoisotopic (exact) mass is 742 g/mol. The van der Waals surface area contributed by atoms with E-state index in [9.17, 15) is 24.3 Å². The second kappa shape index (κ2) is 14.4. The summed E-state index contributed by atoms with van der Waals surface area (Å²) in [6.07, 6.45) is 17.3. The SMILES string of the molecule is O=C(NC1CCCC1)N[C@H]1CCCCC/C=C\[C@@H]2C[C@@]2(C(=O)O)NC(=O)[C@@H]2C[C@@H](n3cnc4c(-c5nccs5)cc(-c5nccs5)cc43)CN2C1=O. The Hall–Kier alpha value is -4.63. The molecule has 0 radical (unpaired) electrons. The molecule has 4 amide bonds. The molecule has 4 aliphatic rings. The Morgan fingerprint density at radius 3 is 2.46 bits per heavy atom. The molecule has 3 fully saturated rings. The van der Waals surface area contributed by atoms with Gasteiger partial charge in [0.25, 0.3) is 0 Å². The highest BCUT2D eigenvalue weighted by atomic mass is 32.1. The van der Waals surface area contributed by atoms with Crippen LogP contribution in [0.5, 0.6) is 0 Å². The first-order valence-electron chi connectivity index (χ1n) is 18.2. The average Bonchev–Trinajstić information content (AvgIpc) is 3.88. The Morgan fingerprint density at radius 2 is 1.71 bits per heavy atom. The van der Waals surface area contributed by atoms with E-state index < -0.39 is 29.5 Å². The van der Waals surface area contributed by atoms with Crippen molar-refractivity contribution >= 4 is 57.5 Å². The molecule has 4 N–H and O–H groups in total. The van der Waals surface area contributed by atoms with Gasteiger partial charge in [-0.05, 0) is 57.1 Å². The van der Waals surface area contributed by atoms with Gasteiger partial charge < -0.3 is 30.5 Å². The van der Waals surface area contributed by atoms with Crippen molar-refractivity contribution in [2.24, 2.45) is 5.92 Å². The van der Waals surface area contributed by atoms with E-state index in [1.807, 2.05) is 39.6 Å². The smallest absolute Gasteiger partial charge is 0.330 e. The summed E-state index contributed by atoms with van der Waals surface area (Å²) in [6, 6.07) is 1.63. The summed E-state index contributed by atoms with van der Waals surface area (Å²) < 4.78 is 2.01. The fourth-order valence-electron chi connectivity index (χ4n) is 8.17. The minimum absolute atomic E-state index is 0.0793. The van der Waals surface area contributed by atoms with Gasteiger partial charge in [-0.2, -0.15) is 0 Å². The van der Waals surface area contributed by atoms with Gasteiger partial charge in [0, 0.05) is 52.8 Å². The van der Waals surface area contributed by atoms with E-state index in [2.05, 4.69) is 25.9 Å². The Kier molecular flexibility index (Phi) is 9.55. The number of fused-ring (bicyclic) bond motifs is 3. The number of thiazole rings is 2. The van der Waals surface area contributed by atoms with Crippen LogP contribution in [0.25, 0.3) is 32.2 Å². The average molecular weight is 743 g/mol. The molecule has 0 spiro atoms. The molecule has 2 aliphatic heterocycles. The number of amides is 4. The molecule has 1 saturated heterocycles. The minimum atomic E-state index is -1.41. The molecule has 5 atom stereocenters. The highest BCUT2D eigenvalue weighted by Crippen LogP contribution is 2.46. The van der Waals surface area contributed by atoms with Crippen LogP contribution >= 0.6 is 22.7 Å². The van der Waals surface area contributed by atoms with Crippen LogP contribution < -0.4 is 16.0 Å². The van der Waals surface area contributed by atoms with Crippen molar-refractivity contribution in [1.82, 2.24) is 40.4 Å². The lowest BCUT2D eigenvalue weighted by atomic mass is 10.0. The van der Waals surface area contributed by atoms with Gasteiger partial charge in [0.15, 0.2) is 0 Å². The van der Waals surface area contributed by atoms with Crippen molar-refractivity contribution in [3.05, 3.63) is 53.8 Å². The van der Waals surface area contributed by atoms with E-state index in [-0.39, 0.29) is 42.9 Å². The maximum Gasteiger partial charge on any atom is 0.330 e. The number of carboxylic acids is 1. The molecule has 2 aliphatic carbocycles.